The summed E-state index contributed by atoms with van der Waals surface area (Å²) in [4.78, 5) is 24.5. The van der Waals surface area contributed by atoms with Gasteiger partial charge in [-0.25, -0.2) is 8.78 Å². The van der Waals surface area contributed by atoms with Crippen LogP contribution in [-0.4, -0.2) is 79.6 Å². The van der Waals surface area contributed by atoms with E-state index in [0.29, 0.717) is 24.7 Å². The van der Waals surface area contributed by atoms with E-state index in [1.165, 1.54) is 12.1 Å². The molecule has 0 unspecified atom stereocenters. The Morgan fingerprint density at radius 2 is 2.03 bits per heavy atom. The molecule has 0 spiro atoms. The predicted octanol–water partition coefficient (Wildman–Crippen LogP) is 2.80. The van der Waals surface area contributed by atoms with Crippen LogP contribution in [-0.2, 0) is 16.6 Å². The highest BCUT2D eigenvalue weighted by atomic mass is 19.1. The van der Waals surface area contributed by atoms with Crippen LogP contribution >= 0.6 is 0 Å². The molecular formula is C26H35F2N5O. The van der Waals surface area contributed by atoms with Crippen LogP contribution in [0.2, 0.25) is 0 Å². The molecule has 2 aromatic rings. The number of benzene rings is 1. The van der Waals surface area contributed by atoms with Crippen molar-refractivity contribution in [3.05, 3.63) is 58.9 Å². The number of piperazine rings is 1. The molecule has 0 bridgehead atoms. The summed E-state index contributed by atoms with van der Waals surface area (Å²) in [7, 11) is 4.10. The highest BCUT2D eigenvalue weighted by Crippen LogP contribution is 2.39. The van der Waals surface area contributed by atoms with Crippen molar-refractivity contribution in [2.75, 3.05) is 51.7 Å². The topological polar surface area (TPSA) is 51.7 Å². The third-order valence-corrected chi connectivity index (χ3v) is 6.76. The lowest BCUT2D eigenvalue weighted by atomic mass is 9.91. The third-order valence-electron chi connectivity index (χ3n) is 6.76. The summed E-state index contributed by atoms with van der Waals surface area (Å²) in [5.74, 6) is -1.12. The van der Waals surface area contributed by atoms with E-state index >= 15 is 0 Å². The van der Waals surface area contributed by atoms with E-state index in [4.69, 9.17) is 0 Å². The van der Waals surface area contributed by atoms with Gasteiger partial charge in [0.05, 0.1) is 17.9 Å². The molecule has 1 saturated heterocycles. The highest BCUT2D eigenvalue weighted by molar-refractivity contribution is 5.97. The lowest BCUT2D eigenvalue weighted by molar-refractivity contribution is -0.120. The summed E-state index contributed by atoms with van der Waals surface area (Å²) < 4.78 is 27.5. The minimum absolute atomic E-state index is 0.0524. The van der Waals surface area contributed by atoms with Crippen molar-refractivity contribution in [1.82, 2.24) is 20.1 Å². The second-order valence-electron chi connectivity index (χ2n) is 10.6. The number of pyridine rings is 1. The molecule has 3 heterocycles. The first-order chi connectivity index (χ1) is 16.0. The normalized spacial score (nSPS) is 22.3. The van der Waals surface area contributed by atoms with Crippen molar-refractivity contribution in [2.24, 2.45) is 0 Å². The van der Waals surface area contributed by atoms with Crippen LogP contribution < -0.4 is 10.2 Å². The molecule has 34 heavy (non-hydrogen) atoms. The van der Waals surface area contributed by atoms with Crippen molar-refractivity contribution in [2.45, 2.75) is 44.7 Å². The summed E-state index contributed by atoms with van der Waals surface area (Å²) >= 11 is 0. The molecule has 0 radical (unpaired) electrons. The summed E-state index contributed by atoms with van der Waals surface area (Å²) in [6.45, 7) is 9.77. The van der Waals surface area contributed by atoms with Crippen molar-refractivity contribution in [1.29, 1.82) is 0 Å². The average molecular weight is 472 g/mol. The van der Waals surface area contributed by atoms with Crippen LogP contribution in [0.1, 0.15) is 37.6 Å². The highest BCUT2D eigenvalue weighted by Gasteiger charge is 2.40. The van der Waals surface area contributed by atoms with Gasteiger partial charge in [0.15, 0.2) is 0 Å². The molecule has 6 nitrogen and oxygen atoms in total. The zero-order chi connectivity index (χ0) is 24.6. The third kappa shape index (κ3) is 5.29. The number of hydrogen-bond acceptors (Lipinski definition) is 5. The smallest absolute Gasteiger partial charge is 0.241 e. The number of hydrogen-bond donors (Lipinski definition) is 1. The number of halogens is 2. The first kappa shape index (κ1) is 24.7. The number of nitrogens with one attached hydrogen (secondary N) is 1. The van der Waals surface area contributed by atoms with Crippen LogP contribution in [0.15, 0.2) is 30.5 Å². The summed E-state index contributed by atoms with van der Waals surface area (Å²) in [5, 5.41) is 3.52. The molecule has 1 aromatic heterocycles. The molecule has 1 N–H and O–H groups in total. The first-order valence-electron chi connectivity index (χ1n) is 11.9. The fourth-order valence-corrected chi connectivity index (χ4v) is 5.07. The fourth-order valence-electron chi connectivity index (χ4n) is 5.07. The number of likely N-dealkylation sites (N-methyl/N-ethyl adjacent to an activating group) is 1. The maximum absolute atomic E-state index is 14.2. The largest absolute Gasteiger partial charge is 0.311 e. The van der Waals surface area contributed by atoms with Crippen LogP contribution in [0.25, 0.3) is 0 Å². The maximum atomic E-state index is 14.2. The van der Waals surface area contributed by atoms with Crippen LogP contribution in [0.3, 0.4) is 0 Å². The number of anilines is 1. The Morgan fingerprint density at radius 1 is 1.26 bits per heavy atom. The number of fused-ring (bicyclic) bond motifs is 1. The predicted molar refractivity (Wildman–Crippen MR) is 130 cm³/mol. The van der Waals surface area contributed by atoms with E-state index in [9.17, 15) is 13.6 Å². The number of nitrogens with zero attached hydrogens (tertiary/aromatic N) is 4. The average Bonchev–Trinajstić information content (AvgIpc) is 3.02. The molecule has 0 aliphatic carbocycles. The van der Waals surface area contributed by atoms with E-state index in [-0.39, 0.29) is 23.8 Å². The molecule has 0 saturated carbocycles. The SMILES string of the molecule is C[C@@H]1CN(CC(=O)N2CC(C)(C)c3ncc(Cc4ccc(F)cc4F)cc32)[C@@H](CN(C)C)CN1. The van der Waals surface area contributed by atoms with Crippen LogP contribution in [0.4, 0.5) is 14.5 Å². The number of carbonyl (C=O) groups is 1. The van der Waals surface area contributed by atoms with E-state index in [2.05, 4.69) is 55.0 Å². The van der Waals surface area contributed by atoms with Crippen molar-refractivity contribution >= 4 is 11.6 Å². The molecule has 184 valence electrons. The Labute approximate surface area is 200 Å². The molecule has 2 aliphatic rings. The number of rotatable bonds is 6. The van der Waals surface area contributed by atoms with Crippen molar-refractivity contribution in [3.63, 3.8) is 0 Å². The number of carbonyl (C=O) groups excluding carboxylic acids is 1. The Bertz CT molecular complexity index is 1060. The molecule has 4 rings (SSSR count). The van der Waals surface area contributed by atoms with Gasteiger partial charge in [-0.2, -0.15) is 0 Å². The fraction of sp³-hybridized carbons (Fsp3) is 0.538. The Kier molecular flexibility index (Phi) is 7.03. The second kappa shape index (κ2) is 9.68. The van der Waals surface area contributed by atoms with E-state index < -0.39 is 11.6 Å². The Morgan fingerprint density at radius 3 is 2.74 bits per heavy atom. The second-order valence-corrected chi connectivity index (χ2v) is 10.6. The summed E-state index contributed by atoms with van der Waals surface area (Å²) in [6.07, 6.45) is 2.03. The zero-order valence-corrected chi connectivity index (χ0v) is 20.7. The van der Waals surface area contributed by atoms with Gasteiger partial charge >= 0.3 is 0 Å². The lowest BCUT2D eigenvalue weighted by Gasteiger charge is -2.40. The van der Waals surface area contributed by atoms with Gasteiger partial charge in [0.25, 0.3) is 0 Å². The monoisotopic (exact) mass is 471 g/mol. The van der Waals surface area contributed by atoms with Gasteiger partial charge in [0, 0.05) is 62.4 Å². The lowest BCUT2D eigenvalue weighted by Crippen LogP contribution is -2.60. The molecular weight excluding hydrogens is 436 g/mol. The van der Waals surface area contributed by atoms with Crippen LogP contribution in [0, 0.1) is 11.6 Å². The standard InChI is InChI=1S/C26H35F2N5O/c1-17-13-32(21(12-29-17)14-31(4)5)15-24(34)33-16-26(2,3)25-23(33)9-18(11-30-25)8-19-6-7-20(27)10-22(19)28/h6-7,9-11,17,21,29H,8,12-16H2,1-5H3/t17-,21-/m1/s1. The molecule has 2 aliphatic heterocycles. The van der Waals surface area contributed by atoms with Gasteiger partial charge in [0.1, 0.15) is 11.6 Å². The van der Waals surface area contributed by atoms with Gasteiger partial charge < -0.3 is 15.1 Å². The first-order valence-corrected chi connectivity index (χ1v) is 11.9. The molecule has 2 atom stereocenters. The van der Waals surface area contributed by atoms with Crippen LogP contribution in [0.5, 0.6) is 0 Å². The molecule has 1 amide bonds. The zero-order valence-electron chi connectivity index (χ0n) is 20.7. The quantitative estimate of drug-likeness (QED) is 0.702. The Hall–Kier alpha value is -2.42. The summed E-state index contributed by atoms with van der Waals surface area (Å²) in [6, 6.07) is 6.14. The van der Waals surface area contributed by atoms with Gasteiger partial charge in [0.2, 0.25) is 5.91 Å². The van der Waals surface area contributed by atoms with Gasteiger partial charge in [-0.05, 0) is 44.3 Å². The maximum Gasteiger partial charge on any atom is 0.241 e. The van der Waals surface area contributed by atoms with Gasteiger partial charge in [-0.15, -0.1) is 0 Å². The summed E-state index contributed by atoms with van der Waals surface area (Å²) in [5.41, 5.74) is 2.59. The van der Waals surface area contributed by atoms with E-state index in [1.807, 2.05) is 11.0 Å². The minimum atomic E-state index is -0.596. The number of amides is 1. The van der Waals surface area contributed by atoms with E-state index in [0.717, 1.165) is 42.6 Å². The molecule has 8 heteroatoms. The number of aromatic nitrogens is 1. The van der Waals surface area contributed by atoms with E-state index in [1.54, 1.807) is 6.20 Å². The van der Waals surface area contributed by atoms with Gasteiger partial charge in [-0.1, -0.05) is 19.9 Å². The van der Waals surface area contributed by atoms with Crippen molar-refractivity contribution < 1.29 is 13.6 Å². The van der Waals surface area contributed by atoms with Gasteiger partial charge in [-0.3, -0.25) is 14.7 Å². The molecule has 1 aromatic carbocycles. The van der Waals surface area contributed by atoms with Crippen molar-refractivity contribution in [3.8, 4) is 0 Å². The minimum Gasteiger partial charge on any atom is -0.311 e. The molecule has 1 fully saturated rings. The Balaban J connectivity index is 1.56.